The molecule has 0 unspecified atom stereocenters. The number of nitrogen functional groups attached to an aromatic ring is 1. The van der Waals surface area contributed by atoms with Crippen LogP contribution in [-0.4, -0.2) is 46.5 Å². The number of aliphatic carboxylic acids is 1. The van der Waals surface area contributed by atoms with E-state index >= 15 is 0 Å². The molecule has 2 aliphatic rings. The van der Waals surface area contributed by atoms with E-state index in [0.717, 1.165) is 49.2 Å². The lowest BCUT2D eigenvalue weighted by Gasteiger charge is -2.14. The Kier molecular flexibility index (Phi) is 9.24. The minimum Gasteiger partial charge on any atom is -0.481 e. The summed E-state index contributed by atoms with van der Waals surface area (Å²) in [6.07, 6.45) is 11.7. The van der Waals surface area contributed by atoms with Gasteiger partial charge in [-0.05, 0) is 48.9 Å². The Morgan fingerprint density at radius 1 is 0.694 bits per heavy atom. The second-order valence-electron chi connectivity index (χ2n) is 11.6. The Morgan fingerprint density at radius 3 is 1.63 bits per heavy atom. The Bertz CT molecular complexity index is 2060. The number of carboxylic acids is 1. The summed E-state index contributed by atoms with van der Waals surface area (Å²) in [7, 11) is 0. The van der Waals surface area contributed by atoms with Gasteiger partial charge in [-0.2, -0.15) is 5.10 Å². The number of carbonyl (C=O) groups is 2. The number of carboxylic acid groups (broad SMARTS) is 1. The third kappa shape index (κ3) is 7.20. The molecule has 8 rings (SSSR count). The van der Waals surface area contributed by atoms with Gasteiger partial charge in [0.2, 0.25) is 5.91 Å². The Morgan fingerprint density at radius 2 is 1.18 bits per heavy atom. The number of nitrogens with zero attached hydrogens (tertiary/aromatic N) is 6. The van der Waals surface area contributed by atoms with Crippen LogP contribution in [0.4, 0.5) is 20.4 Å². The number of halogens is 2. The first kappa shape index (κ1) is 32.7. The zero-order valence-electron chi connectivity index (χ0n) is 26.2. The highest BCUT2D eigenvalue weighted by molar-refractivity contribution is 6.00. The predicted molar refractivity (Wildman–Crippen MR) is 178 cm³/mol. The van der Waals surface area contributed by atoms with E-state index in [4.69, 9.17) is 10.8 Å². The van der Waals surface area contributed by atoms with Crippen LogP contribution in [0, 0.1) is 11.6 Å². The molecule has 6 aromatic rings. The van der Waals surface area contributed by atoms with Gasteiger partial charge >= 0.3 is 5.97 Å². The summed E-state index contributed by atoms with van der Waals surface area (Å²) >= 11 is 0. The number of amides is 1. The number of nitrogens with one attached hydrogen (secondary N) is 1. The number of pyridine rings is 2. The molecule has 4 aromatic heterocycles. The fraction of sp³-hybridized carbons (Fsp3) is 0.167. The Labute approximate surface area is 280 Å². The molecule has 2 saturated carbocycles. The van der Waals surface area contributed by atoms with Gasteiger partial charge in [-0.3, -0.25) is 19.6 Å². The third-order valence-electron chi connectivity index (χ3n) is 8.43. The molecular weight excluding hydrogens is 630 g/mol. The average Bonchev–Trinajstić information content (AvgIpc) is 4.03. The smallest absolute Gasteiger partial charge is 0.314 e. The molecule has 49 heavy (non-hydrogen) atoms. The number of benzene rings is 2. The Hall–Kier alpha value is -6.24. The van der Waals surface area contributed by atoms with Crippen LogP contribution in [0.2, 0.25) is 0 Å². The molecule has 248 valence electrons. The zero-order chi connectivity index (χ0) is 34.4. The summed E-state index contributed by atoms with van der Waals surface area (Å²) < 4.78 is 29.6. The highest BCUT2D eigenvalue weighted by Gasteiger charge is 2.52. The van der Waals surface area contributed by atoms with Crippen molar-refractivity contribution < 1.29 is 23.5 Å². The summed E-state index contributed by atoms with van der Waals surface area (Å²) in [5.74, 6) is -0.899. The molecule has 0 bridgehead atoms. The monoisotopic (exact) mass is 662 g/mol. The van der Waals surface area contributed by atoms with Crippen LogP contribution in [0.3, 0.4) is 0 Å². The van der Waals surface area contributed by atoms with Crippen molar-refractivity contribution in [1.29, 1.82) is 0 Å². The van der Waals surface area contributed by atoms with Crippen molar-refractivity contribution in [3.8, 4) is 11.4 Å². The molecule has 0 spiro atoms. The second kappa shape index (κ2) is 13.9. The van der Waals surface area contributed by atoms with Gasteiger partial charge in [-0.1, -0.05) is 60.7 Å². The van der Waals surface area contributed by atoms with Crippen molar-refractivity contribution in [2.24, 2.45) is 0 Å². The first-order valence-electron chi connectivity index (χ1n) is 15.4. The SMILES string of the molecule is Nc1ccn(-c2ccncc2F)n1.O=C(Nc1ccn(-c2ccncc2F)n1)C1(c2ccccc2)CC1.O=C(O)C1(c2ccccc2)CC1. The average molecular weight is 663 g/mol. The standard InChI is InChI=1S/C18H15FN4O.C10H10O2.C8H7FN4/c19-14-12-20-10-6-15(14)23-11-7-16(22-23)21-17(24)18(8-9-18)13-4-2-1-3-5-13;11-9(12)10(6-7-10)8-4-2-1-3-5-8;9-6-5-11-3-1-7(6)13-4-2-8(10)12-13/h1-7,10-12H,8-9H2,(H,21,22,24);1-5H,6-7H2,(H,11,12);1-5H,(H2,10,12). The molecule has 1 amide bonds. The largest absolute Gasteiger partial charge is 0.481 e. The minimum absolute atomic E-state index is 0.0749. The summed E-state index contributed by atoms with van der Waals surface area (Å²) in [5, 5.41) is 19.9. The lowest BCUT2D eigenvalue weighted by molar-refractivity contribution is -0.140. The fourth-order valence-electron chi connectivity index (χ4n) is 5.38. The topological polar surface area (TPSA) is 154 Å². The van der Waals surface area contributed by atoms with E-state index in [1.165, 1.54) is 33.9 Å². The van der Waals surface area contributed by atoms with Crippen molar-refractivity contribution in [2.75, 3.05) is 11.1 Å². The quantitative estimate of drug-likeness (QED) is 0.192. The van der Waals surface area contributed by atoms with Crippen LogP contribution in [-0.2, 0) is 20.4 Å². The molecule has 4 N–H and O–H groups in total. The summed E-state index contributed by atoms with van der Waals surface area (Å²) in [6.45, 7) is 0. The van der Waals surface area contributed by atoms with Gasteiger partial charge in [-0.15, -0.1) is 5.10 Å². The van der Waals surface area contributed by atoms with E-state index in [1.54, 1.807) is 24.5 Å². The van der Waals surface area contributed by atoms with Gasteiger partial charge in [-0.25, -0.2) is 18.1 Å². The van der Waals surface area contributed by atoms with Crippen molar-refractivity contribution >= 4 is 23.5 Å². The predicted octanol–water partition coefficient (Wildman–Crippen LogP) is 5.87. The maximum atomic E-state index is 13.8. The van der Waals surface area contributed by atoms with E-state index in [2.05, 4.69) is 25.5 Å². The summed E-state index contributed by atoms with van der Waals surface area (Å²) in [6, 6.07) is 25.5. The fourth-order valence-corrected chi connectivity index (χ4v) is 5.38. The van der Waals surface area contributed by atoms with Crippen molar-refractivity contribution in [3.05, 3.63) is 145 Å². The van der Waals surface area contributed by atoms with Crippen LogP contribution in [0.25, 0.3) is 11.4 Å². The minimum atomic E-state index is -0.686. The lowest BCUT2D eigenvalue weighted by Crippen LogP contribution is -2.28. The van der Waals surface area contributed by atoms with E-state index in [-0.39, 0.29) is 11.6 Å². The van der Waals surface area contributed by atoms with Crippen LogP contribution >= 0.6 is 0 Å². The maximum Gasteiger partial charge on any atom is 0.314 e. The van der Waals surface area contributed by atoms with Gasteiger partial charge in [0.05, 0.1) is 23.2 Å². The molecule has 0 aliphatic heterocycles. The first-order chi connectivity index (χ1) is 23.7. The van der Waals surface area contributed by atoms with Crippen LogP contribution in [0.5, 0.6) is 0 Å². The number of anilines is 2. The van der Waals surface area contributed by atoms with Crippen molar-refractivity contribution in [3.63, 3.8) is 0 Å². The van der Waals surface area contributed by atoms with E-state index in [1.807, 2.05) is 60.7 Å². The number of rotatable bonds is 7. The molecule has 4 heterocycles. The number of hydrogen-bond donors (Lipinski definition) is 3. The zero-order valence-corrected chi connectivity index (χ0v) is 26.2. The molecule has 11 nitrogen and oxygen atoms in total. The molecule has 2 aliphatic carbocycles. The van der Waals surface area contributed by atoms with E-state index < -0.39 is 28.4 Å². The van der Waals surface area contributed by atoms with E-state index in [9.17, 15) is 18.4 Å². The number of carbonyl (C=O) groups excluding carboxylic acids is 1. The normalized spacial score (nSPS) is 14.7. The van der Waals surface area contributed by atoms with Gasteiger partial charge in [0.15, 0.2) is 17.5 Å². The molecule has 0 radical (unpaired) electrons. The van der Waals surface area contributed by atoms with E-state index in [0.29, 0.717) is 17.3 Å². The third-order valence-corrected chi connectivity index (χ3v) is 8.43. The molecule has 13 heteroatoms. The highest BCUT2D eigenvalue weighted by atomic mass is 19.1. The molecular formula is C36H32F2N8O3. The van der Waals surface area contributed by atoms with Crippen LogP contribution in [0.15, 0.2) is 122 Å². The number of hydrogen-bond acceptors (Lipinski definition) is 7. The second-order valence-corrected chi connectivity index (χ2v) is 11.6. The number of aromatic nitrogens is 6. The number of nitrogens with two attached hydrogens (primary N) is 1. The molecule has 0 saturated heterocycles. The van der Waals surface area contributed by atoms with Gasteiger partial charge in [0, 0.05) is 36.9 Å². The van der Waals surface area contributed by atoms with Crippen LogP contribution in [0.1, 0.15) is 36.8 Å². The Balaban J connectivity index is 0.000000140. The van der Waals surface area contributed by atoms with Crippen molar-refractivity contribution in [2.45, 2.75) is 36.5 Å². The lowest BCUT2D eigenvalue weighted by atomic mass is 9.95. The molecule has 0 atom stereocenters. The first-order valence-corrected chi connectivity index (χ1v) is 15.4. The van der Waals surface area contributed by atoms with Gasteiger partial charge < -0.3 is 16.2 Å². The molecule has 2 aromatic carbocycles. The van der Waals surface area contributed by atoms with Gasteiger partial charge in [0.1, 0.15) is 17.2 Å². The van der Waals surface area contributed by atoms with Gasteiger partial charge in [0.25, 0.3) is 0 Å². The highest BCUT2D eigenvalue weighted by Crippen LogP contribution is 2.49. The van der Waals surface area contributed by atoms with Crippen molar-refractivity contribution in [1.82, 2.24) is 29.5 Å². The molecule has 2 fully saturated rings. The summed E-state index contributed by atoms with van der Waals surface area (Å²) in [5.41, 5.74) is 6.97. The maximum absolute atomic E-state index is 13.8. The summed E-state index contributed by atoms with van der Waals surface area (Å²) in [4.78, 5) is 30.9. The van der Waals surface area contributed by atoms with Crippen LogP contribution < -0.4 is 11.1 Å².